The minimum Gasteiger partial charge on any atom is -0.334 e. The lowest BCUT2D eigenvalue weighted by molar-refractivity contribution is -0.122. The molecule has 0 spiro atoms. The van der Waals surface area contributed by atoms with E-state index in [9.17, 15) is 9.59 Å². The van der Waals surface area contributed by atoms with Gasteiger partial charge in [0.15, 0.2) is 0 Å². The standard InChI is InChI=1S/C11H13NO2S/c1-8-7-9(13)4-5-12(8)11(14)10-3-2-6-15-10/h2-3,6,8H,4-5,7H2,1H3. The maximum Gasteiger partial charge on any atom is 0.264 e. The molecule has 0 radical (unpaired) electrons. The summed E-state index contributed by atoms with van der Waals surface area (Å²) in [5, 5.41) is 1.90. The molecule has 80 valence electrons. The fourth-order valence-corrected chi connectivity index (χ4v) is 2.53. The van der Waals surface area contributed by atoms with Crippen LogP contribution in [0.5, 0.6) is 0 Å². The van der Waals surface area contributed by atoms with Crippen molar-refractivity contribution in [2.75, 3.05) is 6.54 Å². The van der Waals surface area contributed by atoms with Gasteiger partial charge in [0.25, 0.3) is 5.91 Å². The second-order valence-corrected chi connectivity index (χ2v) is 4.77. The van der Waals surface area contributed by atoms with Crippen LogP contribution in [-0.2, 0) is 4.79 Å². The number of nitrogens with zero attached hydrogens (tertiary/aromatic N) is 1. The predicted octanol–water partition coefficient (Wildman–Crippen LogP) is 1.94. The molecule has 1 saturated heterocycles. The van der Waals surface area contributed by atoms with E-state index in [1.807, 2.05) is 24.4 Å². The summed E-state index contributed by atoms with van der Waals surface area (Å²) in [6, 6.07) is 3.74. The van der Waals surface area contributed by atoms with Crippen LogP contribution >= 0.6 is 11.3 Å². The Bertz CT molecular complexity index is 372. The maximum atomic E-state index is 12.0. The van der Waals surface area contributed by atoms with Gasteiger partial charge in [-0.05, 0) is 18.4 Å². The van der Waals surface area contributed by atoms with Crippen LogP contribution in [-0.4, -0.2) is 29.2 Å². The number of carbonyl (C=O) groups excluding carboxylic acids is 2. The second-order valence-electron chi connectivity index (χ2n) is 3.82. The van der Waals surface area contributed by atoms with Gasteiger partial charge in [-0.2, -0.15) is 0 Å². The largest absolute Gasteiger partial charge is 0.334 e. The number of amides is 1. The van der Waals surface area contributed by atoms with Crippen molar-refractivity contribution >= 4 is 23.0 Å². The van der Waals surface area contributed by atoms with Crippen LogP contribution in [0.15, 0.2) is 17.5 Å². The Morgan fingerprint density at radius 1 is 1.60 bits per heavy atom. The zero-order chi connectivity index (χ0) is 10.8. The average Bonchev–Trinajstić information content (AvgIpc) is 2.69. The van der Waals surface area contributed by atoms with Crippen molar-refractivity contribution in [3.63, 3.8) is 0 Å². The minimum atomic E-state index is 0.0425. The van der Waals surface area contributed by atoms with Crippen LogP contribution in [0.25, 0.3) is 0 Å². The lowest BCUT2D eigenvalue weighted by Gasteiger charge is -2.32. The van der Waals surface area contributed by atoms with E-state index in [0.717, 1.165) is 4.88 Å². The lowest BCUT2D eigenvalue weighted by Crippen LogP contribution is -2.44. The van der Waals surface area contributed by atoms with Crippen LogP contribution in [0, 0.1) is 0 Å². The summed E-state index contributed by atoms with van der Waals surface area (Å²) in [7, 11) is 0. The van der Waals surface area contributed by atoms with Crippen molar-refractivity contribution in [2.24, 2.45) is 0 Å². The number of thiophene rings is 1. The molecule has 0 saturated carbocycles. The summed E-state index contributed by atoms with van der Waals surface area (Å²) in [4.78, 5) is 25.8. The molecule has 2 rings (SSSR count). The fourth-order valence-electron chi connectivity index (χ4n) is 1.85. The van der Waals surface area contributed by atoms with Crippen LogP contribution in [0.2, 0.25) is 0 Å². The summed E-state index contributed by atoms with van der Waals surface area (Å²) in [5.41, 5.74) is 0. The first-order valence-electron chi connectivity index (χ1n) is 5.04. The molecule has 1 fully saturated rings. The Kier molecular flexibility index (Phi) is 2.86. The molecule has 3 nitrogen and oxygen atoms in total. The van der Waals surface area contributed by atoms with Gasteiger partial charge in [0.1, 0.15) is 5.78 Å². The molecule has 4 heteroatoms. The van der Waals surface area contributed by atoms with E-state index in [0.29, 0.717) is 19.4 Å². The van der Waals surface area contributed by atoms with Crippen molar-refractivity contribution < 1.29 is 9.59 Å². The van der Waals surface area contributed by atoms with Gasteiger partial charge >= 0.3 is 0 Å². The normalized spacial score (nSPS) is 21.8. The monoisotopic (exact) mass is 223 g/mol. The summed E-state index contributed by atoms with van der Waals surface area (Å²) in [5.74, 6) is 0.322. The molecule has 0 aromatic carbocycles. The molecule has 15 heavy (non-hydrogen) atoms. The second kappa shape index (κ2) is 4.14. The third-order valence-corrected chi connectivity index (χ3v) is 3.54. The predicted molar refractivity (Wildman–Crippen MR) is 59.1 cm³/mol. The van der Waals surface area contributed by atoms with Gasteiger partial charge in [-0.3, -0.25) is 9.59 Å². The first kappa shape index (κ1) is 10.4. The van der Waals surface area contributed by atoms with Gasteiger partial charge in [-0.25, -0.2) is 0 Å². The molecule has 1 amide bonds. The first-order valence-corrected chi connectivity index (χ1v) is 5.92. The van der Waals surface area contributed by atoms with Gasteiger partial charge in [-0.1, -0.05) is 6.07 Å². The minimum absolute atomic E-state index is 0.0425. The van der Waals surface area contributed by atoms with E-state index in [2.05, 4.69) is 0 Å². The van der Waals surface area contributed by atoms with E-state index in [-0.39, 0.29) is 17.7 Å². The molecule has 0 bridgehead atoms. The van der Waals surface area contributed by atoms with Gasteiger partial charge < -0.3 is 4.90 Å². The Morgan fingerprint density at radius 2 is 2.40 bits per heavy atom. The van der Waals surface area contributed by atoms with Gasteiger partial charge in [0.05, 0.1) is 4.88 Å². The van der Waals surface area contributed by atoms with Crippen LogP contribution in [0.4, 0.5) is 0 Å². The topological polar surface area (TPSA) is 37.4 Å². The van der Waals surface area contributed by atoms with Crippen LogP contribution in [0.1, 0.15) is 29.4 Å². The third-order valence-electron chi connectivity index (χ3n) is 2.68. The molecule has 0 aliphatic carbocycles. The number of hydrogen-bond donors (Lipinski definition) is 0. The number of Topliss-reactive ketones (excluding diaryl/α,β-unsaturated/α-hetero) is 1. The molecular weight excluding hydrogens is 210 g/mol. The van der Waals surface area contributed by atoms with Gasteiger partial charge in [0.2, 0.25) is 0 Å². The number of ketones is 1. The summed E-state index contributed by atoms with van der Waals surface area (Å²) >= 11 is 1.45. The lowest BCUT2D eigenvalue weighted by atomic mass is 10.0. The molecule has 1 aliphatic heterocycles. The number of hydrogen-bond acceptors (Lipinski definition) is 3. The zero-order valence-corrected chi connectivity index (χ0v) is 9.42. The third kappa shape index (κ3) is 2.09. The van der Waals surface area contributed by atoms with Crippen molar-refractivity contribution in [3.8, 4) is 0 Å². The van der Waals surface area contributed by atoms with E-state index >= 15 is 0 Å². The Morgan fingerprint density at radius 3 is 3.00 bits per heavy atom. The van der Waals surface area contributed by atoms with Crippen molar-refractivity contribution in [3.05, 3.63) is 22.4 Å². The molecule has 1 aliphatic rings. The number of rotatable bonds is 1. The maximum absolute atomic E-state index is 12.0. The number of piperidine rings is 1. The Hall–Kier alpha value is -1.16. The van der Waals surface area contributed by atoms with Gasteiger partial charge in [-0.15, -0.1) is 11.3 Å². The quantitative estimate of drug-likeness (QED) is 0.729. The smallest absolute Gasteiger partial charge is 0.264 e. The number of likely N-dealkylation sites (tertiary alicyclic amines) is 1. The average molecular weight is 223 g/mol. The van der Waals surface area contributed by atoms with E-state index in [1.54, 1.807) is 4.90 Å². The first-order chi connectivity index (χ1) is 7.18. The SMILES string of the molecule is CC1CC(=O)CCN1C(=O)c1cccs1. The van der Waals surface area contributed by atoms with Crippen LogP contribution in [0.3, 0.4) is 0 Å². The van der Waals surface area contributed by atoms with Crippen molar-refractivity contribution in [1.29, 1.82) is 0 Å². The molecule has 1 aromatic rings. The molecule has 1 aromatic heterocycles. The zero-order valence-electron chi connectivity index (χ0n) is 8.60. The van der Waals surface area contributed by atoms with Crippen LogP contribution < -0.4 is 0 Å². The Balaban J connectivity index is 2.11. The van der Waals surface area contributed by atoms with Gasteiger partial charge in [0, 0.05) is 25.4 Å². The fraction of sp³-hybridized carbons (Fsp3) is 0.455. The molecule has 1 atom stereocenters. The molecule has 1 unspecified atom stereocenters. The highest BCUT2D eigenvalue weighted by molar-refractivity contribution is 7.12. The summed E-state index contributed by atoms with van der Waals surface area (Å²) < 4.78 is 0. The summed E-state index contributed by atoms with van der Waals surface area (Å²) in [6.07, 6.45) is 0.999. The highest BCUT2D eigenvalue weighted by Gasteiger charge is 2.28. The highest BCUT2D eigenvalue weighted by Crippen LogP contribution is 2.19. The van der Waals surface area contributed by atoms with E-state index in [4.69, 9.17) is 0 Å². The molecule has 2 heterocycles. The van der Waals surface area contributed by atoms with E-state index < -0.39 is 0 Å². The molecular formula is C11H13NO2S. The van der Waals surface area contributed by atoms with E-state index in [1.165, 1.54) is 11.3 Å². The van der Waals surface area contributed by atoms with Crippen molar-refractivity contribution in [1.82, 2.24) is 4.90 Å². The summed E-state index contributed by atoms with van der Waals surface area (Å²) in [6.45, 7) is 2.50. The number of carbonyl (C=O) groups is 2. The Labute approximate surface area is 92.7 Å². The molecule has 0 N–H and O–H groups in total. The highest BCUT2D eigenvalue weighted by atomic mass is 32.1. The van der Waals surface area contributed by atoms with Crippen molar-refractivity contribution in [2.45, 2.75) is 25.8 Å².